The number of para-hydroxylation sites is 1. The van der Waals surface area contributed by atoms with Gasteiger partial charge in [-0.3, -0.25) is 14.4 Å². The van der Waals surface area contributed by atoms with Crippen LogP contribution in [0, 0.1) is 6.92 Å². The lowest BCUT2D eigenvalue weighted by molar-refractivity contribution is -0.120. The lowest BCUT2D eigenvalue weighted by Gasteiger charge is -2.33. The minimum absolute atomic E-state index is 0.0749. The normalized spacial score (nSPS) is 15.6. The molecule has 1 fully saturated rings. The molecule has 8 nitrogen and oxygen atoms in total. The van der Waals surface area contributed by atoms with E-state index in [2.05, 4.69) is 10.6 Å². The number of sulfonamides is 1. The second-order valence-electron chi connectivity index (χ2n) is 9.92. The number of benzene rings is 3. The molecule has 1 saturated heterocycles. The first-order chi connectivity index (χ1) is 20.1. The number of halogens is 1. The summed E-state index contributed by atoms with van der Waals surface area (Å²) in [4.78, 5) is 40.3. The van der Waals surface area contributed by atoms with Gasteiger partial charge in [-0.15, -0.1) is 11.3 Å². The number of hydrogen-bond acceptors (Lipinski definition) is 6. The summed E-state index contributed by atoms with van der Waals surface area (Å²) >= 11 is 6.93. The Hall–Kier alpha value is -3.83. The molecular formula is C31H28ClN3O5S2. The van der Waals surface area contributed by atoms with Gasteiger partial charge >= 0.3 is 0 Å². The van der Waals surface area contributed by atoms with Crippen LogP contribution in [0.25, 0.3) is 0 Å². The van der Waals surface area contributed by atoms with E-state index in [9.17, 15) is 22.8 Å². The first kappa shape index (κ1) is 29.7. The fourth-order valence-corrected chi connectivity index (χ4v) is 8.17. The van der Waals surface area contributed by atoms with E-state index in [1.54, 1.807) is 66.7 Å². The molecule has 0 spiro atoms. The van der Waals surface area contributed by atoms with Crippen LogP contribution in [0.5, 0.6) is 0 Å². The Morgan fingerprint density at radius 1 is 0.857 bits per heavy atom. The summed E-state index contributed by atoms with van der Waals surface area (Å²) in [6, 6.07) is 22.4. The molecule has 0 saturated carbocycles. The zero-order valence-corrected chi connectivity index (χ0v) is 25.1. The summed E-state index contributed by atoms with van der Waals surface area (Å²) in [7, 11) is -3.94. The molecule has 0 radical (unpaired) electrons. The third-order valence-corrected chi connectivity index (χ3v) is 10.6. The molecule has 1 aliphatic heterocycles. The summed E-state index contributed by atoms with van der Waals surface area (Å²) in [5.74, 6) is -1.29. The molecular weight excluding hydrogens is 594 g/mol. The van der Waals surface area contributed by atoms with Crippen molar-refractivity contribution in [2.75, 3.05) is 17.2 Å². The van der Waals surface area contributed by atoms with E-state index in [4.69, 9.17) is 11.6 Å². The van der Waals surface area contributed by atoms with Crippen molar-refractivity contribution in [3.05, 3.63) is 112 Å². The summed E-state index contributed by atoms with van der Waals surface area (Å²) < 4.78 is 28.4. The number of carbonyl (C=O) groups is 3. The molecule has 1 unspecified atom stereocenters. The highest BCUT2D eigenvalue weighted by Crippen LogP contribution is 2.32. The second kappa shape index (κ2) is 12.6. The van der Waals surface area contributed by atoms with Crippen LogP contribution in [0.2, 0.25) is 4.34 Å². The number of thiophene rings is 1. The van der Waals surface area contributed by atoms with Gasteiger partial charge < -0.3 is 10.6 Å². The number of nitrogens with one attached hydrogen (secondary N) is 2. The van der Waals surface area contributed by atoms with Crippen LogP contribution in [-0.4, -0.2) is 42.9 Å². The Balaban J connectivity index is 1.38. The number of anilines is 2. The van der Waals surface area contributed by atoms with E-state index < -0.39 is 27.9 Å². The smallest absolute Gasteiger partial charge is 0.257 e. The zero-order valence-electron chi connectivity index (χ0n) is 22.7. The molecule has 4 aromatic rings. The third-order valence-electron chi connectivity index (χ3n) is 7.00. The van der Waals surface area contributed by atoms with Gasteiger partial charge in [-0.1, -0.05) is 72.1 Å². The van der Waals surface area contributed by atoms with Gasteiger partial charge in [0.1, 0.15) is 10.3 Å². The maximum absolute atomic E-state index is 13.5. The maximum atomic E-state index is 13.5. The highest BCUT2D eigenvalue weighted by atomic mass is 35.5. The number of amides is 2. The number of hydrogen-bond donors (Lipinski definition) is 2. The molecule has 2 N–H and O–H groups in total. The molecule has 0 aliphatic carbocycles. The first-order valence-corrected chi connectivity index (χ1v) is 16.0. The molecule has 2 amide bonds. The average Bonchev–Trinajstić information content (AvgIpc) is 3.45. The molecule has 1 atom stereocenters. The Labute approximate surface area is 253 Å². The molecule has 11 heteroatoms. The van der Waals surface area contributed by atoms with Gasteiger partial charge in [0.25, 0.3) is 15.9 Å². The van der Waals surface area contributed by atoms with Crippen molar-refractivity contribution in [3.8, 4) is 0 Å². The number of carbonyl (C=O) groups excluding carboxylic acids is 3. The van der Waals surface area contributed by atoms with Gasteiger partial charge in [0, 0.05) is 17.7 Å². The van der Waals surface area contributed by atoms with Gasteiger partial charge in [-0.05, 0) is 56.2 Å². The highest BCUT2D eigenvalue weighted by molar-refractivity contribution is 7.91. The minimum Gasteiger partial charge on any atom is -0.324 e. The van der Waals surface area contributed by atoms with Gasteiger partial charge in [-0.25, -0.2) is 8.42 Å². The van der Waals surface area contributed by atoms with E-state index in [0.717, 1.165) is 16.9 Å². The maximum Gasteiger partial charge on any atom is 0.257 e. The summed E-state index contributed by atoms with van der Waals surface area (Å²) in [6.45, 7) is 2.06. The lowest BCUT2D eigenvalue weighted by Crippen LogP contribution is -2.49. The van der Waals surface area contributed by atoms with E-state index in [1.807, 2.05) is 13.0 Å². The van der Waals surface area contributed by atoms with Crippen LogP contribution in [0.15, 0.2) is 89.1 Å². The summed E-state index contributed by atoms with van der Waals surface area (Å²) in [5.41, 5.74) is 2.41. The molecule has 3 aromatic carbocycles. The molecule has 2 heterocycles. The van der Waals surface area contributed by atoms with Crippen molar-refractivity contribution in [1.82, 2.24) is 4.31 Å². The zero-order chi connectivity index (χ0) is 29.9. The Kier molecular flexibility index (Phi) is 8.88. The first-order valence-electron chi connectivity index (χ1n) is 13.3. The van der Waals surface area contributed by atoms with Crippen molar-refractivity contribution in [1.29, 1.82) is 0 Å². The van der Waals surface area contributed by atoms with E-state index in [1.165, 1.54) is 16.4 Å². The molecule has 5 rings (SSSR count). The van der Waals surface area contributed by atoms with Crippen molar-refractivity contribution >= 4 is 61.9 Å². The van der Waals surface area contributed by atoms with Crippen LogP contribution in [0.4, 0.5) is 11.4 Å². The molecule has 216 valence electrons. The van der Waals surface area contributed by atoms with Crippen molar-refractivity contribution < 1.29 is 22.8 Å². The SMILES string of the molecule is Cc1ccc(NC(=O)c2ccccc2NC(=O)C2CCCCN2S(=O)(=O)c2ccc(Cl)s2)c(C(=O)c2ccccc2)c1. The third kappa shape index (κ3) is 6.32. The van der Waals surface area contributed by atoms with Gasteiger partial charge in [0.05, 0.1) is 21.3 Å². The van der Waals surface area contributed by atoms with E-state index in [-0.39, 0.29) is 27.8 Å². The van der Waals surface area contributed by atoms with Gasteiger partial charge in [0.15, 0.2) is 5.78 Å². The number of nitrogens with zero attached hydrogens (tertiary/aromatic N) is 1. The topological polar surface area (TPSA) is 113 Å². The monoisotopic (exact) mass is 621 g/mol. The molecule has 0 bridgehead atoms. The standard InChI is InChI=1S/C31H28ClN3O5S2/c1-20-14-15-25(23(19-20)29(36)21-9-3-2-4-10-21)33-30(37)22-11-5-6-12-24(22)34-31(38)26-13-7-8-18-35(26)42(39,40)28-17-16-27(32)41-28/h2-6,9-12,14-17,19,26H,7-8,13,18H2,1H3,(H,33,37)(H,34,38). The van der Waals surface area contributed by atoms with Gasteiger partial charge in [-0.2, -0.15) is 4.31 Å². The molecule has 1 aliphatic rings. The summed E-state index contributed by atoms with van der Waals surface area (Å²) in [6.07, 6.45) is 1.65. The Bertz CT molecular complexity index is 1760. The number of piperidine rings is 1. The average molecular weight is 622 g/mol. The number of rotatable bonds is 8. The fourth-order valence-electron chi connectivity index (χ4n) is 4.90. The molecule has 1 aromatic heterocycles. The number of ketones is 1. The van der Waals surface area contributed by atoms with Crippen LogP contribution < -0.4 is 10.6 Å². The van der Waals surface area contributed by atoms with Crippen molar-refractivity contribution in [3.63, 3.8) is 0 Å². The van der Waals surface area contributed by atoms with Crippen LogP contribution in [-0.2, 0) is 14.8 Å². The highest BCUT2D eigenvalue weighted by Gasteiger charge is 2.38. The number of aryl methyl sites for hydroxylation is 1. The second-order valence-corrected chi connectivity index (χ2v) is 13.8. The quantitative estimate of drug-likeness (QED) is 0.222. The van der Waals surface area contributed by atoms with Crippen LogP contribution in [0.1, 0.15) is 51.1 Å². The van der Waals surface area contributed by atoms with Crippen molar-refractivity contribution in [2.24, 2.45) is 0 Å². The van der Waals surface area contributed by atoms with Crippen LogP contribution in [0.3, 0.4) is 0 Å². The molecule has 42 heavy (non-hydrogen) atoms. The largest absolute Gasteiger partial charge is 0.324 e. The fraction of sp³-hybridized carbons (Fsp3) is 0.194. The van der Waals surface area contributed by atoms with Gasteiger partial charge in [0.2, 0.25) is 5.91 Å². The van der Waals surface area contributed by atoms with Crippen molar-refractivity contribution in [2.45, 2.75) is 36.4 Å². The Morgan fingerprint density at radius 2 is 1.57 bits per heavy atom. The predicted molar refractivity (Wildman–Crippen MR) is 165 cm³/mol. The summed E-state index contributed by atoms with van der Waals surface area (Å²) in [5, 5.41) is 5.61. The van der Waals surface area contributed by atoms with E-state index in [0.29, 0.717) is 40.4 Å². The van der Waals surface area contributed by atoms with E-state index >= 15 is 0 Å². The Morgan fingerprint density at radius 3 is 2.31 bits per heavy atom. The lowest BCUT2D eigenvalue weighted by atomic mass is 9.99. The predicted octanol–water partition coefficient (Wildman–Crippen LogP) is 6.38. The van der Waals surface area contributed by atoms with Crippen LogP contribution >= 0.6 is 22.9 Å². The minimum atomic E-state index is -3.94.